The Morgan fingerprint density at radius 2 is 1.94 bits per heavy atom. The second kappa shape index (κ2) is 4.97. The lowest BCUT2D eigenvalue weighted by Gasteiger charge is -1.99. The van der Waals surface area contributed by atoms with E-state index in [0.717, 1.165) is 15.6 Å². The van der Waals surface area contributed by atoms with Crippen molar-refractivity contribution in [3.05, 3.63) is 35.5 Å². The summed E-state index contributed by atoms with van der Waals surface area (Å²) in [7, 11) is 0. The van der Waals surface area contributed by atoms with Gasteiger partial charge in [0.15, 0.2) is 4.34 Å². The Kier molecular flexibility index (Phi) is 3.61. The molecule has 1 aromatic carbocycles. The van der Waals surface area contributed by atoms with Crippen molar-refractivity contribution >= 4 is 23.1 Å². The average molecular weight is 253 g/mol. The van der Waals surface area contributed by atoms with Crippen molar-refractivity contribution in [3.8, 4) is 11.3 Å². The predicted octanol–water partition coefficient (Wildman–Crippen LogP) is 4.45. The standard InChI is InChI=1S/C12H12FNS2/c1-8(2)16-12-14-11(7-15-12)9-3-5-10(13)6-4-9/h3-8H,1-2H3. The summed E-state index contributed by atoms with van der Waals surface area (Å²) < 4.78 is 13.8. The summed E-state index contributed by atoms with van der Waals surface area (Å²) in [4.78, 5) is 4.51. The minimum absolute atomic E-state index is 0.212. The topological polar surface area (TPSA) is 12.9 Å². The van der Waals surface area contributed by atoms with Crippen molar-refractivity contribution < 1.29 is 4.39 Å². The first-order chi connectivity index (χ1) is 7.65. The monoisotopic (exact) mass is 253 g/mol. The van der Waals surface area contributed by atoms with Crippen molar-refractivity contribution in [3.63, 3.8) is 0 Å². The summed E-state index contributed by atoms with van der Waals surface area (Å²) in [6, 6.07) is 6.44. The SMILES string of the molecule is CC(C)Sc1nc(-c2ccc(F)cc2)cs1. The van der Waals surface area contributed by atoms with Crippen molar-refractivity contribution in [1.82, 2.24) is 4.98 Å². The lowest BCUT2D eigenvalue weighted by atomic mass is 10.2. The van der Waals surface area contributed by atoms with Gasteiger partial charge < -0.3 is 0 Å². The van der Waals surface area contributed by atoms with Crippen molar-refractivity contribution in [2.45, 2.75) is 23.4 Å². The highest BCUT2D eigenvalue weighted by molar-refractivity contribution is 8.01. The molecule has 0 unspecified atom stereocenters. The van der Waals surface area contributed by atoms with Gasteiger partial charge in [-0.15, -0.1) is 11.3 Å². The number of aromatic nitrogens is 1. The maximum Gasteiger partial charge on any atom is 0.150 e. The maximum atomic E-state index is 12.8. The summed E-state index contributed by atoms with van der Waals surface area (Å²) >= 11 is 3.39. The molecule has 0 fully saturated rings. The van der Waals surface area contributed by atoms with E-state index in [0.29, 0.717) is 5.25 Å². The molecule has 0 bridgehead atoms. The van der Waals surface area contributed by atoms with Crippen LogP contribution in [0.3, 0.4) is 0 Å². The lowest BCUT2D eigenvalue weighted by Crippen LogP contribution is -1.85. The quantitative estimate of drug-likeness (QED) is 0.749. The van der Waals surface area contributed by atoms with Crippen molar-refractivity contribution in [2.24, 2.45) is 0 Å². The molecule has 0 saturated heterocycles. The second-order valence-electron chi connectivity index (χ2n) is 3.67. The molecule has 4 heteroatoms. The average Bonchev–Trinajstić information content (AvgIpc) is 2.66. The Bertz CT molecular complexity index is 462. The highest BCUT2D eigenvalue weighted by Gasteiger charge is 2.06. The summed E-state index contributed by atoms with van der Waals surface area (Å²) in [5.41, 5.74) is 1.89. The van der Waals surface area contributed by atoms with Crippen LogP contribution < -0.4 is 0 Å². The zero-order chi connectivity index (χ0) is 11.5. The van der Waals surface area contributed by atoms with Gasteiger partial charge in [-0.25, -0.2) is 9.37 Å². The summed E-state index contributed by atoms with van der Waals surface area (Å²) in [5.74, 6) is -0.212. The van der Waals surface area contributed by atoms with Crippen LogP contribution in [0.1, 0.15) is 13.8 Å². The number of hydrogen-bond donors (Lipinski definition) is 0. The molecule has 2 aromatic rings. The fraction of sp³-hybridized carbons (Fsp3) is 0.250. The maximum absolute atomic E-state index is 12.8. The van der Waals surface area contributed by atoms with E-state index in [1.54, 1.807) is 35.2 Å². The second-order valence-corrected chi connectivity index (χ2v) is 6.35. The van der Waals surface area contributed by atoms with Gasteiger partial charge in [-0.1, -0.05) is 25.6 Å². The van der Waals surface area contributed by atoms with E-state index in [2.05, 4.69) is 18.8 Å². The molecule has 0 N–H and O–H groups in total. The Hall–Kier alpha value is -0.870. The predicted molar refractivity (Wildman–Crippen MR) is 68.5 cm³/mol. The van der Waals surface area contributed by atoms with Crippen LogP contribution in [0.25, 0.3) is 11.3 Å². The first-order valence-corrected chi connectivity index (χ1v) is 6.79. The number of thiazole rings is 1. The van der Waals surface area contributed by atoms with Crippen LogP contribution in [0.4, 0.5) is 4.39 Å². The van der Waals surface area contributed by atoms with Gasteiger partial charge in [-0.05, 0) is 24.3 Å². The minimum Gasteiger partial charge on any atom is -0.230 e. The van der Waals surface area contributed by atoms with Gasteiger partial charge in [0, 0.05) is 16.2 Å². The Balaban J connectivity index is 2.21. The van der Waals surface area contributed by atoms with Gasteiger partial charge >= 0.3 is 0 Å². The molecule has 0 aliphatic heterocycles. The van der Waals surface area contributed by atoms with E-state index in [4.69, 9.17) is 0 Å². The molecule has 0 aliphatic carbocycles. The molecule has 1 nitrogen and oxygen atoms in total. The van der Waals surface area contributed by atoms with E-state index < -0.39 is 0 Å². The minimum atomic E-state index is -0.212. The summed E-state index contributed by atoms with van der Waals surface area (Å²) in [6.45, 7) is 4.28. The molecule has 2 rings (SSSR count). The van der Waals surface area contributed by atoms with Crippen molar-refractivity contribution in [1.29, 1.82) is 0 Å². The molecular weight excluding hydrogens is 241 g/mol. The zero-order valence-electron chi connectivity index (χ0n) is 9.11. The fourth-order valence-corrected chi connectivity index (χ4v) is 3.32. The Morgan fingerprint density at radius 1 is 1.25 bits per heavy atom. The summed E-state index contributed by atoms with van der Waals surface area (Å²) in [6.07, 6.45) is 0. The van der Waals surface area contributed by atoms with Crippen molar-refractivity contribution in [2.75, 3.05) is 0 Å². The van der Waals surface area contributed by atoms with Crippen LogP contribution in [-0.4, -0.2) is 10.2 Å². The molecule has 16 heavy (non-hydrogen) atoms. The number of halogens is 1. The molecule has 84 valence electrons. The third-order valence-corrected chi connectivity index (χ3v) is 3.94. The number of thioether (sulfide) groups is 1. The molecule has 0 spiro atoms. The van der Waals surface area contributed by atoms with Gasteiger partial charge in [0.25, 0.3) is 0 Å². The largest absolute Gasteiger partial charge is 0.230 e. The molecule has 1 heterocycles. The van der Waals surface area contributed by atoms with Crippen LogP contribution in [0.2, 0.25) is 0 Å². The first kappa shape index (κ1) is 11.6. The van der Waals surface area contributed by atoms with Gasteiger partial charge in [-0.3, -0.25) is 0 Å². The van der Waals surface area contributed by atoms with Gasteiger partial charge in [0.2, 0.25) is 0 Å². The molecule has 0 saturated carbocycles. The van der Waals surface area contributed by atoms with Gasteiger partial charge in [-0.2, -0.15) is 0 Å². The number of nitrogens with zero attached hydrogens (tertiary/aromatic N) is 1. The van der Waals surface area contributed by atoms with Crippen LogP contribution >= 0.6 is 23.1 Å². The normalized spacial score (nSPS) is 11.0. The smallest absolute Gasteiger partial charge is 0.150 e. The lowest BCUT2D eigenvalue weighted by molar-refractivity contribution is 0.628. The van der Waals surface area contributed by atoms with Gasteiger partial charge in [0.05, 0.1) is 5.69 Å². The van der Waals surface area contributed by atoms with E-state index >= 15 is 0 Å². The third-order valence-electron chi connectivity index (χ3n) is 1.96. The third kappa shape index (κ3) is 2.83. The van der Waals surface area contributed by atoms with E-state index in [1.165, 1.54) is 12.1 Å². The number of benzene rings is 1. The fourth-order valence-electron chi connectivity index (χ4n) is 1.27. The van der Waals surface area contributed by atoms with E-state index in [1.807, 2.05) is 5.38 Å². The molecule has 1 aromatic heterocycles. The van der Waals surface area contributed by atoms with E-state index in [9.17, 15) is 4.39 Å². The number of rotatable bonds is 3. The van der Waals surface area contributed by atoms with Crippen LogP contribution in [0, 0.1) is 5.82 Å². The van der Waals surface area contributed by atoms with Crippen LogP contribution in [0.5, 0.6) is 0 Å². The Morgan fingerprint density at radius 3 is 2.56 bits per heavy atom. The van der Waals surface area contributed by atoms with Gasteiger partial charge in [0.1, 0.15) is 5.82 Å². The highest BCUT2D eigenvalue weighted by atomic mass is 32.2. The Labute approximate surface area is 103 Å². The molecule has 0 amide bonds. The molecule has 0 aliphatic rings. The zero-order valence-corrected chi connectivity index (χ0v) is 10.7. The molecular formula is C12H12FNS2. The summed E-state index contributed by atoms with van der Waals surface area (Å²) in [5, 5.41) is 2.55. The molecule has 0 radical (unpaired) electrons. The first-order valence-electron chi connectivity index (χ1n) is 5.03. The number of hydrogen-bond acceptors (Lipinski definition) is 3. The molecule has 0 atom stereocenters. The highest BCUT2D eigenvalue weighted by Crippen LogP contribution is 2.30. The van der Waals surface area contributed by atoms with Crippen LogP contribution in [0.15, 0.2) is 34.0 Å². The van der Waals surface area contributed by atoms with Crippen LogP contribution in [-0.2, 0) is 0 Å². The van der Waals surface area contributed by atoms with E-state index in [-0.39, 0.29) is 5.82 Å².